The van der Waals surface area contributed by atoms with Crippen LogP contribution in [0.2, 0.25) is 0 Å². The van der Waals surface area contributed by atoms with Crippen LogP contribution in [0.15, 0.2) is 11.6 Å². The molecule has 34 heavy (non-hydrogen) atoms. The number of rotatable bonds is 2. The Bertz CT molecular complexity index is 883. The van der Waals surface area contributed by atoms with Crippen molar-refractivity contribution in [2.75, 3.05) is 0 Å². The van der Waals surface area contributed by atoms with E-state index < -0.39 is 0 Å². The fraction of sp³-hybridized carbons (Fsp3) is 0.906. The molecule has 0 heterocycles. The van der Waals surface area contributed by atoms with Crippen molar-refractivity contribution in [3.8, 4) is 0 Å². The highest BCUT2D eigenvalue weighted by Crippen LogP contribution is 2.76. The summed E-state index contributed by atoms with van der Waals surface area (Å²) >= 11 is 0. The maximum Gasteiger partial charge on any atom is 0.302 e. The van der Waals surface area contributed by atoms with Gasteiger partial charge in [-0.3, -0.25) is 4.79 Å². The van der Waals surface area contributed by atoms with Gasteiger partial charge in [0, 0.05) is 12.3 Å². The molecule has 0 aliphatic heterocycles. The fourth-order valence-corrected chi connectivity index (χ4v) is 11.6. The first-order chi connectivity index (χ1) is 15.7. The van der Waals surface area contributed by atoms with Crippen molar-refractivity contribution in [3.05, 3.63) is 11.6 Å². The lowest BCUT2D eigenvalue weighted by molar-refractivity contribution is -0.179. The minimum absolute atomic E-state index is 0.0349. The quantitative estimate of drug-likeness (QED) is 0.299. The van der Waals surface area contributed by atoms with Crippen LogP contribution in [-0.2, 0) is 9.53 Å². The standard InChI is InChI=1S/C32H52O2/c1-20(2)22-10-13-26-30(22,7)18-19-31(8)24-11-12-25-28(4,5)27(34-21(3)33)15-16-29(25,6)23(24)14-17-32(26,31)9/h14,20,22,24-27H,10-13,15-19H2,1-9H3/t22-,24+,25+,26-,27-,29+,30-,31-,32+/m0/s1. The molecule has 5 aliphatic rings. The van der Waals surface area contributed by atoms with Crippen LogP contribution in [0.4, 0.5) is 0 Å². The molecule has 0 spiro atoms. The van der Waals surface area contributed by atoms with E-state index in [-0.39, 0.29) is 22.9 Å². The lowest BCUT2D eigenvalue weighted by Crippen LogP contribution is -2.62. The average Bonchev–Trinajstić information content (AvgIpc) is 3.10. The van der Waals surface area contributed by atoms with E-state index in [4.69, 9.17) is 4.74 Å². The highest BCUT2D eigenvalue weighted by molar-refractivity contribution is 5.66. The second-order valence-electron chi connectivity index (χ2n) is 15.2. The molecule has 0 N–H and O–H groups in total. The van der Waals surface area contributed by atoms with E-state index in [1.54, 1.807) is 12.5 Å². The zero-order chi connectivity index (χ0) is 24.9. The summed E-state index contributed by atoms with van der Waals surface area (Å²) in [6.07, 6.45) is 14.6. The van der Waals surface area contributed by atoms with E-state index >= 15 is 0 Å². The number of allylic oxidation sites excluding steroid dienone is 2. The molecule has 0 saturated heterocycles. The minimum atomic E-state index is -0.114. The third-order valence-electron chi connectivity index (χ3n) is 13.5. The topological polar surface area (TPSA) is 26.3 Å². The van der Waals surface area contributed by atoms with Gasteiger partial charge in [-0.2, -0.15) is 0 Å². The lowest BCUT2D eigenvalue weighted by atomic mass is 9.35. The molecular formula is C32H52O2. The number of hydrogen-bond acceptors (Lipinski definition) is 2. The van der Waals surface area contributed by atoms with Crippen LogP contribution in [0.1, 0.15) is 120 Å². The normalized spacial score (nSPS) is 51.6. The zero-order valence-electron chi connectivity index (χ0n) is 23.7. The number of fused-ring (bicyclic) bond motifs is 7. The Morgan fingerprint density at radius 3 is 2.21 bits per heavy atom. The van der Waals surface area contributed by atoms with Crippen molar-refractivity contribution in [2.45, 2.75) is 126 Å². The van der Waals surface area contributed by atoms with Gasteiger partial charge in [0.25, 0.3) is 0 Å². The van der Waals surface area contributed by atoms with Crippen LogP contribution < -0.4 is 0 Å². The smallest absolute Gasteiger partial charge is 0.302 e. The van der Waals surface area contributed by atoms with Crippen LogP contribution in [0, 0.1) is 56.7 Å². The van der Waals surface area contributed by atoms with Crippen molar-refractivity contribution in [1.82, 2.24) is 0 Å². The third-order valence-corrected chi connectivity index (χ3v) is 13.5. The summed E-state index contributed by atoms with van der Waals surface area (Å²) in [6.45, 7) is 22.0. The Morgan fingerprint density at radius 2 is 1.56 bits per heavy atom. The predicted molar refractivity (Wildman–Crippen MR) is 140 cm³/mol. The third kappa shape index (κ3) is 3.01. The molecule has 192 valence electrons. The molecule has 2 heteroatoms. The average molecular weight is 469 g/mol. The summed E-state index contributed by atoms with van der Waals surface area (Å²) in [7, 11) is 0. The number of ether oxygens (including phenoxy) is 1. The van der Waals surface area contributed by atoms with Crippen LogP contribution in [-0.4, -0.2) is 12.1 Å². The van der Waals surface area contributed by atoms with Crippen molar-refractivity contribution in [2.24, 2.45) is 56.7 Å². The molecule has 9 atom stereocenters. The summed E-state index contributed by atoms with van der Waals surface area (Å²) in [6, 6.07) is 0. The van der Waals surface area contributed by atoms with E-state index in [9.17, 15) is 4.79 Å². The van der Waals surface area contributed by atoms with Gasteiger partial charge in [-0.1, -0.05) is 67.0 Å². The first kappa shape index (κ1) is 24.9. The van der Waals surface area contributed by atoms with Gasteiger partial charge in [-0.15, -0.1) is 0 Å². The van der Waals surface area contributed by atoms with Crippen LogP contribution in [0.25, 0.3) is 0 Å². The van der Waals surface area contributed by atoms with Crippen molar-refractivity contribution < 1.29 is 9.53 Å². The summed E-state index contributed by atoms with van der Waals surface area (Å²) in [5.41, 5.74) is 3.46. The maximum absolute atomic E-state index is 11.9. The van der Waals surface area contributed by atoms with E-state index in [1.807, 2.05) is 0 Å². The largest absolute Gasteiger partial charge is 0.462 e. The number of hydrogen-bond donors (Lipinski definition) is 0. The van der Waals surface area contributed by atoms with E-state index in [0.717, 1.165) is 30.1 Å². The maximum atomic E-state index is 11.9. The van der Waals surface area contributed by atoms with Gasteiger partial charge in [0.05, 0.1) is 0 Å². The first-order valence-electron chi connectivity index (χ1n) is 14.6. The predicted octanol–water partition coefficient (Wildman–Crippen LogP) is 8.60. The summed E-state index contributed by atoms with van der Waals surface area (Å²) < 4.78 is 5.89. The van der Waals surface area contributed by atoms with Gasteiger partial charge in [-0.25, -0.2) is 0 Å². The van der Waals surface area contributed by atoms with E-state index in [2.05, 4.69) is 61.5 Å². The van der Waals surface area contributed by atoms with Crippen LogP contribution in [0.5, 0.6) is 0 Å². The summed E-state index contributed by atoms with van der Waals surface area (Å²) in [4.78, 5) is 11.9. The Morgan fingerprint density at radius 1 is 0.882 bits per heavy atom. The van der Waals surface area contributed by atoms with E-state index in [1.165, 1.54) is 51.4 Å². The Balaban J connectivity index is 1.51. The monoisotopic (exact) mass is 468 g/mol. The van der Waals surface area contributed by atoms with Gasteiger partial charge >= 0.3 is 5.97 Å². The van der Waals surface area contributed by atoms with Gasteiger partial charge in [0.15, 0.2) is 0 Å². The van der Waals surface area contributed by atoms with Gasteiger partial charge in [0.2, 0.25) is 0 Å². The highest BCUT2D eigenvalue weighted by Gasteiger charge is 2.68. The molecule has 5 rings (SSSR count). The lowest BCUT2D eigenvalue weighted by Gasteiger charge is -2.69. The van der Waals surface area contributed by atoms with Crippen LogP contribution >= 0.6 is 0 Å². The summed E-state index contributed by atoms with van der Waals surface area (Å²) in [5.74, 6) is 3.79. The minimum Gasteiger partial charge on any atom is -0.462 e. The molecule has 0 amide bonds. The van der Waals surface area contributed by atoms with Crippen molar-refractivity contribution >= 4 is 5.97 Å². The second kappa shape index (κ2) is 7.61. The van der Waals surface area contributed by atoms with Gasteiger partial charge < -0.3 is 4.74 Å². The molecular weight excluding hydrogens is 416 g/mol. The second-order valence-corrected chi connectivity index (χ2v) is 15.2. The SMILES string of the molecule is CC(=O)O[C@H]1CC[C@]2(C)C3=CC[C@]4(C)[C@H]5CC[C@@H](C(C)C)[C@]5(C)CC[C@@]4(C)[C@@H]3CC[C@@H]2C1(C)C. The van der Waals surface area contributed by atoms with E-state index in [0.29, 0.717) is 22.2 Å². The highest BCUT2D eigenvalue weighted by atomic mass is 16.5. The Kier molecular flexibility index (Phi) is 5.57. The summed E-state index contributed by atoms with van der Waals surface area (Å²) in [5, 5.41) is 0. The van der Waals surface area contributed by atoms with Crippen molar-refractivity contribution in [3.63, 3.8) is 0 Å². The number of carbonyl (C=O) groups excluding carboxylic acids is 1. The molecule has 0 aromatic heterocycles. The first-order valence-corrected chi connectivity index (χ1v) is 14.6. The molecule has 4 saturated carbocycles. The Labute approximate surface area is 210 Å². The zero-order valence-corrected chi connectivity index (χ0v) is 23.7. The Hall–Kier alpha value is -0.790. The van der Waals surface area contributed by atoms with Crippen LogP contribution in [0.3, 0.4) is 0 Å². The number of carbonyl (C=O) groups is 1. The molecule has 0 aromatic rings. The van der Waals surface area contributed by atoms with Crippen molar-refractivity contribution in [1.29, 1.82) is 0 Å². The molecule has 4 fully saturated rings. The molecule has 0 unspecified atom stereocenters. The molecule has 5 aliphatic carbocycles. The fourth-order valence-electron chi connectivity index (χ4n) is 11.6. The number of esters is 1. The van der Waals surface area contributed by atoms with Gasteiger partial charge in [0.1, 0.15) is 6.10 Å². The molecule has 0 bridgehead atoms. The van der Waals surface area contributed by atoms with Gasteiger partial charge in [-0.05, 0) is 109 Å². The molecule has 0 aromatic carbocycles. The molecule has 0 radical (unpaired) electrons. The molecule has 2 nitrogen and oxygen atoms in total.